The quantitative estimate of drug-likeness (QED) is 0.493. The van der Waals surface area contributed by atoms with Gasteiger partial charge in [-0.05, 0) is 54.8 Å². The van der Waals surface area contributed by atoms with Crippen molar-refractivity contribution >= 4 is 17.3 Å². The summed E-state index contributed by atoms with van der Waals surface area (Å²) in [7, 11) is 5.14. The van der Waals surface area contributed by atoms with Gasteiger partial charge in [0.15, 0.2) is 0 Å². The number of methoxy groups -OCH3 is 2. The molecule has 1 saturated heterocycles. The maximum absolute atomic E-state index is 13.1. The summed E-state index contributed by atoms with van der Waals surface area (Å²) in [6, 6.07) is 12.8. The number of imidazole rings is 1. The van der Waals surface area contributed by atoms with E-state index in [4.69, 9.17) is 18.8 Å². The van der Waals surface area contributed by atoms with Crippen molar-refractivity contribution in [3.8, 4) is 28.5 Å². The topological polar surface area (TPSA) is 112 Å². The van der Waals surface area contributed by atoms with Gasteiger partial charge in [-0.3, -0.25) is 9.47 Å². The van der Waals surface area contributed by atoms with Crippen LogP contribution in [-0.4, -0.2) is 70.0 Å². The second-order valence-electron chi connectivity index (χ2n) is 8.66. The van der Waals surface area contributed by atoms with Gasteiger partial charge in [-0.2, -0.15) is 4.21 Å². The van der Waals surface area contributed by atoms with Crippen LogP contribution >= 0.6 is 0 Å². The maximum atomic E-state index is 13.1. The molecule has 0 aliphatic carbocycles. The minimum Gasteiger partial charge on any atom is -0.497 e. The monoisotopic (exact) mass is 513 g/mol. The minimum atomic E-state index is -1.88. The van der Waals surface area contributed by atoms with Crippen molar-refractivity contribution in [1.29, 1.82) is 0 Å². The van der Waals surface area contributed by atoms with Crippen molar-refractivity contribution in [3.05, 3.63) is 60.6 Å². The average Bonchev–Trinajstić information content (AvgIpc) is 3.38. The highest BCUT2D eigenvalue weighted by Crippen LogP contribution is 2.26. The largest absolute Gasteiger partial charge is 0.497 e. The fourth-order valence-corrected chi connectivity index (χ4v) is 4.67. The fourth-order valence-electron chi connectivity index (χ4n) is 4.37. The Morgan fingerprint density at radius 3 is 2.31 bits per heavy atom. The van der Waals surface area contributed by atoms with E-state index in [0.29, 0.717) is 11.4 Å². The molecule has 192 valence electrons. The van der Waals surface area contributed by atoms with Crippen molar-refractivity contribution in [2.45, 2.75) is 25.4 Å². The first kappa shape index (κ1) is 25.7. The summed E-state index contributed by atoms with van der Waals surface area (Å²) in [5.74, 6) is 1.95. The summed E-state index contributed by atoms with van der Waals surface area (Å²) in [5, 5.41) is 5.14. The molecule has 4 rings (SSSR count). The zero-order valence-electron chi connectivity index (χ0n) is 20.6. The second kappa shape index (κ2) is 11.5. The minimum absolute atomic E-state index is 0.122. The van der Waals surface area contributed by atoms with Gasteiger partial charge in [0.25, 0.3) is 11.3 Å². The van der Waals surface area contributed by atoms with Gasteiger partial charge >= 0.3 is 6.03 Å². The molecule has 0 saturated carbocycles. The number of rotatable bonds is 8. The number of hydrogen-bond donors (Lipinski definition) is 1. The van der Waals surface area contributed by atoms with Crippen LogP contribution in [0.3, 0.4) is 0 Å². The van der Waals surface area contributed by atoms with Crippen molar-refractivity contribution in [2.75, 3.05) is 34.4 Å². The number of aromatic nitrogens is 2. The Morgan fingerprint density at radius 1 is 1.08 bits per heavy atom. The zero-order valence-corrected chi connectivity index (χ0v) is 21.4. The summed E-state index contributed by atoms with van der Waals surface area (Å²) >= 11 is -1.88. The number of amides is 1. The Labute approximate surface area is 213 Å². The lowest BCUT2D eigenvalue weighted by molar-refractivity contribution is 0.131. The Hall–Kier alpha value is -3.41. The van der Waals surface area contributed by atoms with E-state index in [1.54, 1.807) is 49.6 Å². The van der Waals surface area contributed by atoms with E-state index >= 15 is 0 Å². The van der Waals surface area contributed by atoms with Crippen LogP contribution in [0.4, 0.5) is 4.79 Å². The van der Waals surface area contributed by atoms with Crippen molar-refractivity contribution in [1.82, 2.24) is 19.4 Å². The van der Waals surface area contributed by atoms with Gasteiger partial charge in [-0.25, -0.2) is 14.9 Å². The van der Waals surface area contributed by atoms with Crippen LogP contribution in [0.1, 0.15) is 18.4 Å². The van der Waals surface area contributed by atoms with E-state index in [9.17, 15) is 9.00 Å². The van der Waals surface area contributed by atoms with Crippen LogP contribution in [0.5, 0.6) is 17.2 Å². The van der Waals surface area contributed by atoms with E-state index in [0.717, 1.165) is 55.1 Å². The smallest absolute Gasteiger partial charge is 0.329 e. The van der Waals surface area contributed by atoms with Crippen LogP contribution in [0.15, 0.2) is 55.0 Å². The highest BCUT2D eigenvalue weighted by atomic mass is 32.2. The van der Waals surface area contributed by atoms with Crippen LogP contribution in [-0.2, 0) is 17.8 Å². The lowest BCUT2D eigenvalue weighted by Gasteiger charge is -2.36. The molecule has 1 amide bonds. The molecule has 1 atom stereocenters. The number of benzene rings is 2. The summed E-state index contributed by atoms with van der Waals surface area (Å²) in [5.41, 5.74) is 2.60. The molecule has 3 aromatic rings. The van der Waals surface area contributed by atoms with Gasteiger partial charge in [0.2, 0.25) is 0 Å². The number of hydrogen-bond acceptors (Lipinski definition) is 7. The molecule has 0 bridgehead atoms. The standard InChI is InChI=1S/C25H31N5O5S/c1-28(20-8-10-29(11-9-20)15-18-12-22(33-2)14-23(13-18)34-3)25(31)30-16-24(27-17-30)19-4-6-21(7-5-19)35-36(26)32/h4-7,12-14,16-17,20H,8-11,15,26H2,1-3H3. The third-order valence-corrected chi connectivity index (χ3v) is 6.71. The van der Waals surface area contributed by atoms with Gasteiger partial charge in [0, 0.05) is 50.6 Å². The first-order chi connectivity index (χ1) is 17.4. The summed E-state index contributed by atoms with van der Waals surface area (Å²) in [6.45, 7) is 2.58. The number of nitrogens with two attached hydrogens (primary N) is 1. The van der Waals surface area contributed by atoms with Crippen LogP contribution in [0, 0.1) is 0 Å². The average molecular weight is 514 g/mol. The van der Waals surface area contributed by atoms with E-state index in [2.05, 4.69) is 9.88 Å². The van der Waals surface area contributed by atoms with Crippen LogP contribution < -0.4 is 18.8 Å². The maximum Gasteiger partial charge on any atom is 0.329 e. The van der Waals surface area contributed by atoms with Gasteiger partial charge in [0.1, 0.15) is 23.6 Å². The van der Waals surface area contributed by atoms with E-state index in [-0.39, 0.29) is 12.1 Å². The Kier molecular flexibility index (Phi) is 8.24. The third kappa shape index (κ3) is 6.23. The molecule has 11 heteroatoms. The highest BCUT2D eigenvalue weighted by Gasteiger charge is 2.26. The molecule has 1 aromatic heterocycles. The fraction of sp³-hybridized carbons (Fsp3) is 0.360. The predicted molar refractivity (Wildman–Crippen MR) is 137 cm³/mol. The Morgan fingerprint density at radius 2 is 1.72 bits per heavy atom. The molecule has 1 aliphatic heterocycles. The number of likely N-dealkylation sites (tertiary alicyclic amines) is 1. The third-order valence-electron chi connectivity index (χ3n) is 6.36. The number of carbonyl (C=O) groups is 1. The molecule has 2 aromatic carbocycles. The van der Waals surface area contributed by atoms with Gasteiger partial charge in [-0.1, -0.05) is 0 Å². The Balaban J connectivity index is 1.33. The molecular weight excluding hydrogens is 482 g/mol. The first-order valence-electron chi connectivity index (χ1n) is 11.6. The molecule has 36 heavy (non-hydrogen) atoms. The lowest BCUT2D eigenvalue weighted by atomic mass is 10.0. The summed E-state index contributed by atoms with van der Waals surface area (Å²) in [6.07, 6.45) is 5.00. The van der Waals surface area contributed by atoms with Crippen molar-refractivity contribution in [3.63, 3.8) is 0 Å². The molecule has 1 aliphatic rings. The van der Waals surface area contributed by atoms with Crippen molar-refractivity contribution < 1.29 is 22.7 Å². The van der Waals surface area contributed by atoms with Crippen LogP contribution in [0.25, 0.3) is 11.3 Å². The molecule has 1 unspecified atom stereocenters. The predicted octanol–water partition coefficient (Wildman–Crippen LogP) is 3.05. The molecular formula is C25H31N5O5S. The Bertz CT molecular complexity index is 1190. The summed E-state index contributed by atoms with van der Waals surface area (Å²) in [4.78, 5) is 21.7. The van der Waals surface area contributed by atoms with Gasteiger partial charge in [-0.15, -0.1) is 0 Å². The number of piperidine rings is 1. The molecule has 1 fully saturated rings. The SMILES string of the molecule is COc1cc(CN2CCC(N(C)C(=O)n3cnc(-c4ccc(OS(N)=O)cc4)c3)CC2)cc(OC)c1. The normalized spacial score (nSPS) is 15.3. The first-order valence-corrected chi connectivity index (χ1v) is 12.7. The molecule has 10 nitrogen and oxygen atoms in total. The van der Waals surface area contributed by atoms with Crippen molar-refractivity contribution in [2.24, 2.45) is 5.14 Å². The van der Waals surface area contributed by atoms with Gasteiger partial charge in [0.05, 0.1) is 19.9 Å². The molecule has 0 spiro atoms. The number of nitrogens with zero attached hydrogens (tertiary/aromatic N) is 4. The lowest BCUT2D eigenvalue weighted by Crippen LogP contribution is -2.46. The number of ether oxygens (including phenoxy) is 2. The van der Waals surface area contributed by atoms with E-state index in [1.165, 1.54) is 10.9 Å². The van der Waals surface area contributed by atoms with Gasteiger partial charge < -0.3 is 18.6 Å². The second-order valence-corrected chi connectivity index (χ2v) is 9.34. The molecule has 0 radical (unpaired) electrons. The zero-order chi connectivity index (χ0) is 25.7. The summed E-state index contributed by atoms with van der Waals surface area (Å²) < 4.78 is 28.2. The molecule has 2 heterocycles. The number of carbonyl (C=O) groups excluding carboxylic acids is 1. The highest BCUT2D eigenvalue weighted by molar-refractivity contribution is 7.78. The van der Waals surface area contributed by atoms with E-state index < -0.39 is 11.3 Å². The van der Waals surface area contributed by atoms with E-state index in [1.807, 2.05) is 25.2 Å². The van der Waals surface area contributed by atoms with Crippen LogP contribution in [0.2, 0.25) is 0 Å². The molecule has 2 N–H and O–H groups in total.